The molecule has 2 unspecified atom stereocenters. The highest BCUT2D eigenvalue weighted by molar-refractivity contribution is 5.51. The van der Waals surface area contributed by atoms with E-state index in [-0.39, 0.29) is 17.8 Å². The summed E-state index contributed by atoms with van der Waals surface area (Å²) in [5, 5.41) is 0. The van der Waals surface area contributed by atoms with Gasteiger partial charge < -0.3 is 18.9 Å². The molecule has 3 aromatic rings. The summed E-state index contributed by atoms with van der Waals surface area (Å²) in [4.78, 5) is 0. The van der Waals surface area contributed by atoms with Gasteiger partial charge in [0, 0.05) is 11.8 Å². The molecule has 0 spiro atoms. The van der Waals surface area contributed by atoms with Gasteiger partial charge in [-0.1, -0.05) is 54.6 Å². The standard InChI is InChI=1S/C26H26O4/c1-26(19-5-3-2-4-6-19,20-7-11-22(12-8-20)28-17-24-18-29-24)21-9-13-23(14-10-21)30-25-15-16-27-25/h2-14,24-25H,15-18H2,1H3/t24-,25?,26?/m1/s1. The summed E-state index contributed by atoms with van der Waals surface area (Å²) in [6, 6.07) is 27.4. The molecule has 0 amide bonds. The lowest BCUT2D eigenvalue weighted by Gasteiger charge is -2.32. The van der Waals surface area contributed by atoms with E-state index in [2.05, 4.69) is 61.5 Å². The minimum Gasteiger partial charge on any atom is -0.491 e. The van der Waals surface area contributed by atoms with Crippen LogP contribution in [0.5, 0.6) is 11.5 Å². The Morgan fingerprint density at radius 1 is 0.800 bits per heavy atom. The molecule has 2 fully saturated rings. The molecular weight excluding hydrogens is 376 g/mol. The summed E-state index contributed by atoms with van der Waals surface area (Å²) in [5.41, 5.74) is 3.35. The maximum Gasteiger partial charge on any atom is 0.202 e. The largest absolute Gasteiger partial charge is 0.491 e. The molecule has 5 rings (SSSR count). The molecule has 3 atom stereocenters. The molecule has 2 aliphatic rings. The summed E-state index contributed by atoms with van der Waals surface area (Å²) in [6.45, 7) is 4.46. The molecule has 4 nitrogen and oxygen atoms in total. The van der Waals surface area contributed by atoms with Crippen molar-refractivity contribution in [2.24, 2.45) is 0 Å². The van der Waals surface area contributed by atoms with Crippen LogP contribution in [0, 0.1) is 0 Å². The summed E-state index contributed by atoms with van der Waals surface area (Å²) in [6.07, 6.45) is 1.10. The topological polar surface area (TPSA) is 40.2 Å². The molecule has 0 aromatic heterocycles. The van der Waals surface area contributed by atoms with E-state index in [9.17, 15) is 0 Å². The van der Waals surface area contributed by atoms with Crippen LogP contribution in [0.25, 0.3) is 0 Å². The smallest absolute Gasteiger partial charge is 0.202 e. The van der Waals surface area contributed by atoms with Crippen molar-refractivity contribution in [1.82, 2.24) is 0 Å². The van der Waals surface area contributed by atoms with Crippen LogP contribution in [0.3, 0.4) is 0 Å². The Bertz CT molecular complexity index is 960. The zero-order valence-electron chi connectivity index (χ0n) is 17.1. The zero-order chi connectivity index (χ0) is 20.4. The SMILES string of the molecule is CC(c1ccccc1)(c1ccc(OC[C@@H]2CO2)cc1)c1ccc(OC2CCO2)cc1. The van der Waals surface area contributed by atoms with E-state index in [1.165, 1.54) is 16.7 Å². The lowest BCUT2D eigenvalue weighted by Crippen LogP contribution is -2.32. The van der Waals surface area contributed by atoms with E-state index >= 15 is 0 Å². The van der Waals surface area contributed by atoms with Crippen LogP contribution in [0.15, 0.2) is 78.9 Å². The van der Waals surface area contributed by atoms with Gasteiger partial charge in [0.1, 0.15) is 24.2 Å². The fraction of sp³-hybridized carbons (Fsp3) is 0.308. The van der Waals surface area contributed by atoms with Crippen LogP contribution in [-0.4, -0.2) is 32.2 Å². The number of hydrogen-bond acceptors (Lipinski definition) is 4. The third kappa shape index (κ3) is 3.93. The van der Waals surface area contributed by atoms with E-state index in [1.807, 2.05) is 24.3 Å². The molecule has 2 aliphatic heterocycles. The van der Waals surface area contributed by atoms with Crippen LogP contribution < -0.4 is 9.47 Å². The fourth-order valence-electron chi connectivity index (χ4n) is 3.84. The van der Waals surface area contributed by atoms with Gasteiger partial charge in [-0.3, -0.25) is 0 Å². The van der Waals surface area contributed by atoms with E-state index in [4.69, 9.17) is 18.9 Å². The molecule has 0 radical (unpaired) electrons. The average molecular weight is 402 g/mol. The summed E-state index contributed by atoms with van der Waals surface area (Å²) >= 11 is 0. The van der Waals surface area contributed by atoms with Gasteiger partial charge >= 0.3 is 0 Å². The molecular formula is C26H26O4. The summed E-state index contributed by atoms with van der Waals surface area (Å²) < 4.78 is 22.3. The Morgan fingerprint density at radius 2 is 1.37 bits per heavy atom. The van der Waals surface area contributed by atoms with Gasteiger partial charge in [0.2, 0.25) is 6.29 Å². The van der Waals surface area contributed by atoms with Crippen molar-refractivity contribution in [2.75, 3.05) is 19.8 Å². The van der Waals surface area contributed by atoms with Gasteiger partial charge in [0.05, 0.1) is 13.2 Å². The van der Waals surface area contributed by atoms with E-state index in [0.717, 1.165) is 31.1 Å². The highest BCUT2D eigenvalue weighted by Gasteiger charge is 2.31. The second-order valence-corrected chi connectivity index (χ2v) is 8.01. The molecule has 4 heteroatoms. The fourth-order valence-corrected chi connectivity index (χ4v) is 3.84. The molecule has 154 valence electrons. The number of benzene rings is 3. The van der Waals surface area contributed by atoms with Gasteiger partial charge in [-0.15, -0.1) is 0 Å². The minimum absolute atomic E-state index is 0.107. The molecule has 0 N–H and O–H groups in total. The van der Waals surface area contributed by atoms with Crippen molar-refractivity contribution < 1.29 is 18.9 Å². The number of ether oxygens (including phenoxy) is 4. The molecule has 0 aliphatic carbocycles. The number of hydrogen-bond donors (Lipinski definition) is 0. The van der Waals surface area contributed by atoms with Crippen LogP contribution in [0.1, 0.15) is 30.0 Å². The van der Waals surface area contributed by atoms with Crippen LogP contribution in [0.4, 0.5) is 0 Å². The molecule has 3 aromatic carbocycles. The van der Waals surface area contributed by atoms with Gasteiger partial charge in [0.15, 0.2) is 0 Å². The predicted octanol–water partition coefficient (Wildman–Crippen LogP) is 4.94. The first-order valence-electron chi connectivity index (χ1n) is 10.5. The van der Waals surface area contributed by atoms with Crippen molar-refractivity contribution in [3.8, 4) is 11.5 Å². The highest BCUT2D eigenvalue weighted by atomic mass is 16.7. The van der Waals surface area contributed by atoms with Gasteiger partial charge in [-0.25, -0.2) is 0 Å². The molecule has 0 saturated carbocycles. The Balaban J connectivity index is 1.44. The van der Waals surface area contributed by atoms with Crippen molar-refractivity contribution in [3.63, 3.8) is 0 Å². The second-order valence-electron chi connectivity index (χ2n) is 8.01. The third-order valence-electron chi connectivity index (χ3n) is 5.98. The minimum atomic E-state index is -0.301. The van der Waals surface area contributed by atoms with Gasteiger partial charge in [0.25, 0.3) is 0 Å². The lowest BCUT2D eigenvalue weighted by molar-refractivity contribution is -0.165. The van der Waals surface area contributed by atoms with E-state index in [0.29, 0.717) is 6.61 Å². The maximum atomic E-state index is 5.85. The van der Waals surface area contributed by atoms with Gasteiger partial charge in [-0.2, -0.15) is 0 Å². The van der Waals surface area contributed by atoms with Crippen LogP contribution in [0.2, 0.25) is 0 Å². The van der Waals surface area contributed by atoms with Crippen molar-refractivity contribution in [2.45, 2.75) is 31.2 Å². The summed E-state index contributed by atoms with van der Waals surface area (Å²) in [5.74, 6) is 1.71. The first-order valence-corrected chi connectivity index (χ1v) is 10.5. The number of epoxide rings is 1. The van der Waals surface area contributed by atoms with Gasteiger partial charge in [-0.05, 0) is 47.9 Å². The Hall–Kier alpha value is -2.82. The van der Waals surface area contributed by atoms with Crippen molar-refractivity contribution in [1.29, 1.82) is 0 Å². The maximum absolute atomic E-state index is 5.85. The Kier molecular flexibility index (Phi) is 5.19. The predicted molar refractivity (Wildman–Crippen MR) is 115 cm³/mol. The summed E-state index contributed by atoms with van der Waals surface area (Å²) in [7, 11) is 0. The third-order valence-corrected chi connectivity index (χ3v) is 5.98. The first-order chi connectivity index (χ1) is 14.7. The molecule has 30 heavy (non-hydrogen) atoms. The Morgan fingerprint density at radius 3 is 1.90 bits per heavy atom. The molecule has 0 bridgehead atoms. The monoisotopic (exact) mass is 402 g/mol. The lowest BCUT2D eigenvalue weighted by atomic mass is 9.71. The Labute approximate surface area is 177 Å². The van der Waals surface area contributed by atoms with E-state index < -0.39 is 0 Å². The van der Waals surface area contributed by atoms with E-state index in [1.54, 1.807) is 0 Å². The van der Waals surface area contributed by atoms with Crippen molar-refractivity contribution >= 4 is 0 Å². The molecule has 2 saturated heterocycles. The van der Waals surface area contributed by atoms with Crippen molar-refractivity contribution in [3.05, 3.63) is 95.6 Å². The molecule has 2 heterocycles. The second kappa shape index (κ2) is 8.13. The number of rotatable bonds is 8. The first kappa shape index (κ1) is 19.2. The highest BCUT2D eigenvalue weighted by Crippen LogP contribution is 2.40. The normalized spacial score (nSPS) is 21.9. The zero-order valence-corrected chi connectivity index (χ0v) is 17.1. The quantitative estimate of drug-likeness (QED) is 0.395. The van der Waals surface area contributed by atoms with Crippen LogP contribution >= 0.6 is 0 Å². The average Bonchev–Trinajstić information content (AvgIpc) is 3.60. The van der Waals surface area contributed by atoms with Crippen LogP contribution in [-0.2, 0) is 14.9 Å².